The lowest BCUT2D eigenvalue weighted by Crippen LogP contribution is -1.83. The van der Waals surface area contributed by atoms with Gasteiger partial charge in [-0.25, -0.2) is 4.98 Å². The van der Waals surface area contributed by atoms with E-state index >= 15 is 0 Å². The minimum Gasteiger partial charge on any atom is -0.303 e. The lowest BCUT2D eigenvalue weighted by Gasteiger charge is -1.88. The van der Waals surface area contributed by atoms with Gasteiger partial charge in [-0.3, -0.25) is 0 Å². The van der Waals surface area contributed by atoms with Gasteiger partial charge in [-0.05, 0) is 12.8 Å². The molecule has 0 radical (unpaired) electrons. The summed E-state index contributed by atoms with van der Waals surface area (Å²) in [5, 5.41) is 3.08. The molecular weight excluding hydrogens is 146 g/mol. The van der Waals surface area contributed by atoms with Crippen molar-refractivity contribution in [2.24, 2.45) is 0 Å². The Bertz CT molecular complexity index is 183. The molecule has 0 saturated carbocycles. The van der Waals surface area contributed by atoms with Gasteiger partial charge in [0.25, 0.3) is 0 Å². The van der Waals surface area contributed by atoms with Crippen molar-refractivity contribution in [3.8, 4) is 0 Å². The fraction of sp³-hybridized carbons (Fsp3) is 0.429. The van der Waals surface area contributed by atoms with Crippen LogP contribution in [0.25, 0.3) is 0 Å². The summed E-state index contributed by atoms with van der Waals surface area (Å²) in [6.45, 7) is 0. The zero-order valence-electron chi connectivity index (χ0n) is 5.62. The van der Waals surface area contributed by atoms with Crippen molar-refractivity contribution in [2.75, 3.05) is 0 Å². The minimum absolute atomic E-state index is 0.652. The fourth-order valence-electron chi connectivity index (χ4n) is 0.713. The topological polar surface area (TPSA) is 30.0 Å². The highest BCUT2D eigenvalue weighted by Crippen LogP contribution is 2.06. The monoisotopic (exact) mass is 155 g/mol. The summed E-state index contributed by atoms with van der Waals surface area (Å²) >= 11 is 1.65. The van der Waals surface area contributed by atoms with Crippen LogP contribution in [0.15, 0.2) is 11.6 Å². The minimum atomic E-state index is 0.652. The molecule has 54 valence electrons. The second-order valence-electron chi connectivity index (χ2n) is 1.98. The van der Waals surface area contributed by atoms with Crippen LogP contribution in [0.5, 0.6) is 0 Å². The number of carbonyl (C=O) groups excluding carboxylic acids is 1. The lowest BCUT2D eigenvalue weighted by molar-refractivity contribution is -0.107. The van der Waals surface area contributed by atoms with Crippen LogP contribution in [0.1, 0.15) is 17.8 Å². The van der Waals surface area contributed by atoms with E-state index in [0.29, 0.717) is 6.42 Å². The Kier molecular flexibility index (Phi) is 3.09. The van der Waals surface area contributed by atoms with Crippen LogP contribution in [0.4, 0.5) is 0 Å². The largest absolute Gasteiger partial charge is 0.303 e. The first-order valence-electron chi connectivity index (χ1n) is 3.25. The van der Waals surface area contributed by atoms with Crippen molar-refractivity contribution in [2.45, 2.75) is 19.3 Å². The Balaban J connectivity index is 2.21. The van der Waals surface area contributed by atoms with Crippen LogP contribution < -0.4 is 0 Å². The molecule has 0 bridgehead atoms. The molecule has 0 unspecified atom stereocenters. The van der Waals surface area contributed by atoms with Crippen LogP contribution in [0.2, 0.25) is 0 Å². The predicted octanol–water partition coefficient (Wildman–Crippen LogP) is 1.66. The normalized spacial score (nSPS) is 9.60. The molecule has 10 heavy (non-hydrogen) atoms. The third-order valence-electron chi connectivity index (χ3n) is 1.20. The number of rotatable bonds is 4. The Morgan fingerprint density at radius 1 is 1.70 bits per heavy atom. The number of hydrogen-bond donors (Lipinski definition) is 0. The van der Waals surface area contributed by atoms with Gasteiger partial charge in [0.1, 0.15) is 6.29 Å². The fourth-order valence-corrected chi connectivity index (χ4v) is 1.38. The summed E-state index contributed by atoms with van der Waals surface area (Å²) in [7, 11) is 0. The molecule has 2 nitrogen and oxygen atoms in total. The highest BCUT2D eigenvalue weighted by atomic mass is 32.1. The van der Waals surface area contributed by atoms with E-state index in [1.54, 1.807) is 17.5 Å². The third-order valence-corrected chi connectivity index (χ3v) is 2.04. The zero-order chi connectivity index (χ0) is 7.23. The van der Waals surface area contributed by atoms with Gasteiger partial charge in [0.05, 0.1) is 5.01 Å². The van der Waals surface area contributed by atoms with Gasteiger partial charge in [0, 0.05) is 18.0 Å². The van der Waals surface area contributed by atoms with Crippen LogP contribution in [0.3, 0.4) is 0 Å². The number of unbranched alkanes of at least 4 members (excludes halogenated alkanes) is 1. The smallest absolute Gasteiger partial charge is 0.120 e. The van der Waals surface area contributed by atoms with E-state index in [9.17, 15) is 4.79 Å². The van der Waals surface area contributed by atoms with Crippen LogP contribution in [0, 0.1) is 0 Å². The Morgan fingerprint density at radius 3 is 3.20 bits per heavy atom. The summed E-state index contributed by atoms with van der Waals surface area (Å²) in [4.78, 5) is 14.0. The molecule has 1 heterocycles. The number of thiazole rings is 1. The van der Waals surface area contributed by atoms with Crippen molar-refractivity contribution >= 4 is 17.6 Å². The van der Waals surface area contributed by atoms with Crippen LogP contribution in [-0.2, 0) is 11.2 Å². The van der Waals surface area contributed by atoms with E-state index in [2.05, 4.69) is 4.98 Å². The third kappa shape index (κ3) is 2.27. The molecular formula is C7H9NOS. The van der Waals surface area contributed by atoms with E-state index in [1.807, 2.05) is 5.38 Å². The maximum atomic E-state index is 9.92. The molecule has 0 N–H and O–H groups in total. The van der Waals surface area contributed by atoms with Crippen LogP contribution >= 0.6 is 11.3 Å². The van der Waals surface area contributed by atoms with Crippen molar-refractivity contribution < 1.29 is 4.79 Å². The molecule has 0 spiro atoms. The summed E-state index contributed by atoms with van der Waals surface area (Å²) < 4.78 is 0. The second-order valence-corrected chi connectivity index (χ2v) is 2.96. The highest BCUT2D eigenvalue weighted by molar-refractivity contribution is 7.09. The summed E-state index contributed by atoms with van der Waals surface area (Å²) in [5.74, 6) is 0. The average Bonchev–Trinajstić information content (AvgIpc) is 2.41. The molecule has 1 aromatic heterocycles. The predicted molar refractivity (Wildman–Crippen MR) is 41.1 cm³/mol. The van der Waals surface area contributed by atoms with Gasteiger partial charge in [-0.2, -0.15) is 0 Å². The molecule has 0 saturated heterocycles. The van der Waals surface area contributed by atoms with Crippen molar-refractivity contribution in [3.63, 3.8) is 0 Å². The molecule has 0 aliphatic rings. The SMILES string of the molecule is O=CCCCc1nccs1. The number of aromatic nitrogens is 1. The highest BCUT2D eigenvalue weighted by Gasteiger charge is 1.93. The number of aryl methyl sites for hydroxylation is 1. The molecule has 3 heteroatoms. The van der Waals surface area contributed by atoms with Gasteiger partial charge >= 0.3 is 0 Å². The van der Waals surface area contributed by atoms with E-state index in [4.69, 9.17) is 0 Å². The van der Waals surface area contributed by atoms with Gasteiger partial charge < -0.3 is 4.79 Å². The Morgan fingerprint density at radius 2 is 2.60 bits per heavy atom. The molecule has 0 amide bonds. The summed E-state index contributed by atoms with van der Waals surface area (Å²) in [5.41, 5.74) is 0. The van der Waals surface area contributed by atoms with E-state index < -0.39 is 0 Å². The molecule has 0 fully saturated rings. The van der Waals surface area contributed by atoms with Crippen molar-refractivity contribution in [1.82, 2.24) is 4.98 Å². The van der Waals surface area contributed by atoms with Crippen molar-refractivity contribution in [3.05, 3.63) is 16.6 Å². The number of hydrogen-bond acceptors (Lipinski definition) is 3. The first kappa shape index (κ1) is 7.41. The Hall–Kier alpha value is -0.700. The molecule has 0 atom stereocenters. The molecule has 0 aromatic carbocycles. The summed E-state index contributed by atoms with van der Waals surface area (Å²) in [6.07, 6.45) is 5.27. The molecule has 0 aliphatic heterocycles. The van der Waals surface area contributed by atoms with E-state index in [-0.39, 0.29) is 0 Å². The first-order valence-corrected chi connectivity index (χ1v) is 4.13. The number of carbonyl (C=O) groups is 1. The lowest BCUT2D eigenvalue weighted by atomic mass is 10.3. The molecule has 0 aliphatic carbocycles. The van der Waals surface area contributed by atoms with Crippen molar-refractivity contribution in [1.29, 1.82) is 0 Å². The standard InChI is InChI=1S/C7H9NOS/c9-5-2-1-3-7-8-4-6-10-7/h4-6H,1-3H2. The van der Waals surface area contributed by atoms with Gasteiger partial charge in [0.15, 0.2) is 0 Å². The zero-order valence-corrected chi connectivity index (χ0v) is 6.43. The quantitative estimate of drug-likeness (QED) is 0.489. The number of aldehydes is 1. The number of nitrogens with zero attached hydrogens (tertiary/aromatic N) is 1. The van der Waals surface area contributed by atoms with E-state index in [0.717, 1.165) is 24.1 Å². The molecule has 1 aromatic rings. The Labute approximate surface area is 63.9 Å². The van der Waals surface area contributed by atoms with E-state index in [1.165, 1.54) is 0 Å². The van der Waals surface area contributed by atoms with Gasteiger partial charge in [-0.15, -0.1) is 11.3 Å². The first-order chi connectivity index (χ1) is 4.93. The second kappa shape index (κ2) is 4.17. The molecule has 1 rings (SSSR count). The van der Waals surface area contributed by atoms with Gasteiger partial charge in [0.2, 0.25) is 0 Å². The van der Waals surface area contributed by atoms with Gasteiger partial charge in [-0.1, -0.05) is 0 Å². The summed E-state index contributed by atoms with van der Waals surface area (Å²) in [6, 6.07) is 0. The average molecular weight is 155 g/mol. The maximum absolute atomic E-state index is 9.92. The maximum Gasteiger partial charge on any atom is 0.120 e. The van der Waals surface area contributed by atoms with Crippen LogP contribution in [-0.4, -0.2) is 11.3 Å².